The summed E-state index contributed by atoms with van der Waals surface area (Å²) in [6.07, 6.45) is 0. The molecule has 0 aromatic rings. The smallest absolute Gasteiger partial charge is 0.152 e. The molecule has 0 heterocycles. The second-order valence-electron chi connectivity index (χ2n) is 0.693. The highest BCUT2D eigenvalue weighted by Crippen LogP contribution is 2.24. The molecule has 42 valence electrons. The van der Waals surface area contributed by atoms with E-state index in [1.165, 1.54) is 0 Å². The highest BCUT2D eigenvalue weighted by atomic mass is 35.5. The van der Waals surface area contributed by atoms with Gasteiger partial charge in [-0.2, -0.15) is 10.5 Å². The summed E-state index contributed by atoms with van der Waals surface area (Å²) in [6.45, 7) is 0. The first-order chi connectivity index (χ1) is 3.81. The van der Waals surface area contributed by atoms with Gasteiger partial charge in [0.25, 0.3) is 0 Å². The van der Waals surface area contributed by atoms with Gasteiger partial charge in [-0.1, -0.05) is 11.6 Å². The maximum absolute atomic E-state index is 7.97. The van der Waals surface area contributed by atoms with Crippen LogP contribution in [0.2, 0.25) is 0 Å². The first kappa shape index (κ1) is 7.97. The number of halogens is 1. The van der Waals surface area contributed by atoms with Crippen LogP contribution in [0, 0.1) is 21.3 Å². The molecule has 0 bridgehead atoms. The summed E-state index contributed by atoms with van der Waals surface area (Å²) in [7, 11) is 0. The van der Waals surface area contributed by atoms with Gasteiger partial charge in [0, 0.05) is 0 Å². The molecule has 0 N–H and O–H groups in total. The molecular formula is C3HClN2S2. The summed E-state index contributed by atoms with van der Waals surface area (Å²) in [5.41, 5.74) is 0. The van der Waals surface area contributed by atoms with Gasteiger partial charge in [-0.3, -0.25) is 0 Å². The molecule has 0 aromatic carbocycles. The maximum atomic E-state index is 7.97. The fourth-order valence-corrected chi connectivity index (χ4v) is 0.962. The maximum Gasteiger partial charge on any atom is 0.152 e. The fourth-order valence-electron chi connectivity index (χ4n) is 0.107. The molecule has 0 radical (unpaired) electrons. The van der Waals surface area contributed by atoms with E-state index >= 15 is 0 Å². The number of thioether (sulfide) groups is 2. The first-order valence-electron chi connectivity index (χ1n) is 1.55. The van der Waals surface area contributed by atoms with Crippen LogP contribution in [0.15, 0.2) is 0 Å². The summed E-state index contributed by atoms with van der Waals surface area (Å²) < 4.78 is -0.454. The molecule has 2 nitrogen and oxygen atoms in total. The Morgan fingerprint density at radius 3 is 1.88 bits per heavy atom. The van der Waals surface area contributed by atoms with Crippen LogP contribution in [0.1, 0.15) is 0 Å². The van der Waals surface area contributed by atoms with Crippen molar-refractivity contribution in [3.63, 3.8) is 0 Å². The quantitative estimate of drug-likeness (QED) is 0.356. The van der Waals surface area contributed by atoms with Gasteiger partial charge < -0.3 is 0 Å². The Hall–Kier alpha value is -0.0300. The van der Waals surface area contributed by atoms with Crippen molar-refractivity contribution in [2.24, 2.45) is 0 Å². The summed E-state index contributed by atoms with van der Waals surface area (Å²) in [5, 5.41) is 19.5. The fraction of sp³-hybridized carbons (Fsp3) is 0.333. The molecule has 0 saturated heterocycles. The lowest BCUT2D eigenvalue weighted by atomic mass is 11.8. The largest absolute Gasteiger partial charge is 0.185 e. The molecule has 0 fully saturated rings. The van der Waals surface area contributed by atoms with Gasteiger partial charge in [0.05, 0.1) is 0 Å². The normalized spacial score (nSPS) is 8.00. The van der Waals surface area contributed by atoms with Crippen LogP contribution in [0.3, 0.4) is 0 Å². The third-order valence-electron chi connectivity index (χ3n) is 0.291. The number of rotatable bonds is 2. The lowest BCUT2D eigenvalue weighted by Gasteiger charge is -1.90. The molecule has 0 amide bonds. The average molecular weight is 165 g/mol. The minimum absolute atomic E-state index is 0.454. The van der Waals surface area contributed by atoms with Gasteiger partial charge in [-0.05, 0) is 23.5 Å². The van der Waals surface area contributed by atoms with E-state index in [-0.39, 0.29) is 0 Å². The van der Waals surface area contributed by atoms with E-state index in [2.05, 4.69) is 0 Å². The molecule has 0 aliphatic carbocycles. The minimum Gasteiger partial charge on any atom is -0.185 e. The molecule has 8 heavy (non-hydrogen) atoms. The van der Waals surface area contributed by atoms with E-state index in [0.29, 0.717) is 0 Å². The lowest BCUT2D eigenvalue weighted by Crippen LogP contribution is -1.75. The zero-order chi connectivity index (χ0) is 6.41. The van der Waals surface area contributed by atoms with Crippen molar-refractivity contribution in [1.82, 2.24) is 0 Å². The highest BCUT2D eigenvalue weighted by Gasteiger charge is 2.01. The average Bonchev–Trinajstić information content (AvgIpc) is 1.68. The van der Waals surface area contributed by atoms with Gasteiger partial charge in [-0.25, -0.2) is 0 Å². The Labute approximate surface area is 60.8 Å². The number of alkyl halides is 1. The van der Waals surface area contributed by atoms with Crippen molar-refractivity contribution in [3.05, 3.63) is 0 Å². The van der Waals surface area contributed by atoms with Crippen LogP contribution < -0.4 is 0 Å². The molecule has 0 aliphatic heterocycles. The van der Waals surface area contributed by atoms with Crippen molar-refractivity contribution >= 4 is 35.1 Å². The van der Waals surface area contributed by atoms with Gasteiger partial charge in [0.1, 0.15) is 10.8 Å². The van der Waals surface area contributed by atoms with Crippen molar-refractivity contribution in [2.75, 3.05) is 0 Å². The van der Waals surface area contributed by atoms with Crippen molar-refractivity contribution in [3.8, 4) is 10.8 Å². The number of thiocyanates is 2. The number of nitrogens with zero attached hydrogens (tertiary/aromatic N) is 2. The monoisotopic (exact) mass is 164 g/mol. The molecular weight excluding hydrogens is 164 g/mol. The summed E-state index contributed by atoms with van der Waals surface area (Å²) in [4.78, 5) is 0. The highest BCUT2D eigenvalue weighted by molar-refractivity contribution is 8.22. The summed E-state index contributed by atoms with van der Waals surface area (Å²) >= 11 is 7.10. The van der Waals surface area contributed by atoms with Crippen LogP contribution in [-0.2, 0) is 0 Å². The lowest BCUT2D eigenvalue weighted by molar-refractivity contribution is 1.56. The van der Waals surface area contributed by atoms with Gasteiger partial charge in [0.2, 0.25) is 0 Å². The van der Waals surface area contributed by atoms with E-state index in [1.807, 2.05) is 0 Å². The number of hydrogen-bond donors (Lipinski definition) is 0. The molecule has 0 aromatic heterocycles. The van der Waals surface area contributed by atoms with Crippen LogP contribution in [0.4, 0.5) is 0 Å². The number of hydrogen-bond acceptors (Lipinski definition) is 4. The topological polar surface area (TPSA) is 47.6 Å². The molecule has 0 spiro atoms. The third kappa shape index (κ3) is 4.14. The Morgan fingerprint density at radius 1 is 1.25 bits per heavy atom. The minimum atomic E-state index is -0.454. The van der Waals surface area contributed by atoms with E-state index in [0.717, 1.165) is 23.5 Å². The molecule has 0 rings (SSSR count). The van der Waals surface area contributed by atoms with E-state index in [1.54, 1.807) is 10.8 Å². The predicted octanol–water partition coefficient (Wildman–Crippen LogP) is 1.94. The van der Waals surface area contributed by atoms with E-state index in [9.17, 15) is 0 Å². The van der Waals surface area contributed by atoms with E-state index < -0.39 is 4.04 Å². The SMILES string of the molecule is N#CSC(Cl)SC#N. The number of nitriles is 2. The van der Waals surface area contributed by atoms with Crippen molar-refractivity contribution in [2.45, 2.75) is 4.04 Å². The van der Waals surface area contributed by atoms with Crippen LogP contribution in [0.5, 0.6) is 0 Å². The molecule has 0 aliphatic rings. The van der Waals surface area contributed by atoms with Crippen molar-refractivity contribution in [1.29, 1.82) is 10.5 Å². The van der Waals surface area contributed by atoms with Gasteiger partial charge in [0.15, 0.2) is 4.04 Å². The molecule has 5 heteroatoms. The second kappa shape index (κ2) is 5.11. The molecule has 0 saturated carbocycles. The van der Waals surface area contributed by atoms with Crippen molar-refractivity contribution < 1.29 is 0 Å². The zero-order valence-corrected chi connectivity index (χ0v) is 6.06. The molecule has 0 atom stereocenters. The Kier molecular flexibility index (Phi) is 5.09. The van der Waals surface area contributed by atoms with Crippen LogP contribution in [-0.4, -0.2) is 4.04 Å². The Morgan fingerprint density at radius 2 is 1.62 bits per heavy atom. The van der Waals surface area contributed by atoms with E-state index in [4.69, 9.17) is 22.1 Å². The predicted molar refractivity (Wildman–Crippen MR) is 36.0 cm³/mol. The second-order valence-corrected chi connectivity index (χ2v) is 3.72. The summed E-state index contributed by atoms with van der Waals surface area (Å²) in [5.74, 6) is 0. The standard InChI is InChI=1S/C3HClN2S2/c4-3(7-1-5)8-2-6/h3H. The van der Waals surface area contributed by atoms with Crippen LogP contribution in [0.25, 0.3) is 0 Å². The van der Waals surface area contributed by atoms with Gasteiger partial charge in [-0.15, -0.1) is 0 Å². The third-order valence-corrected chi connectivity index (χ3v) is 1.98. The first-order valence-corrected chi connectivity index (χ1v) is 3.74. The van der Waals surface area contributed by atoms with Crippen LogP contribution >= 0.6 is 35.1 Å². The zero-order valence-electron chi connectivity index (χ0n) is 3.67. The molecule has 0 unspecified atom stereocenters. The Balaban J connectivity index is 3.25. The Bertz CT molecular complexity index is 119. The summed E-state index contributed by atoms with van der Waals surface area (Å²) in [6, 6.07) is 0. The van der Waals surface area contributed by atoms with Gasteiger partial charge >= 0.3 is 0 Å².